The molecular formula is C13H18O3. The number of aliphatic hydroxyl groups excluding tert-OH is 1. The van der Waals surface area contributed by atoms with Crippen LogP contribution in [0.3, 0.4) is 0 Å². The van der Waals surface area contributed by atoms with Gasteiger partial charge >= 0.3 is 0 Å². The predicted octanol–water partition coefficient (Wildman–Crippen LogP) is 2.53. The van der Waals surface area contributed by atoms with E-state index in [1.165, 1.54) is 0 Å². The first kappa shape index (κ1) is 12.6. The van der Waals surface area contributed by atoms with E-state index >= 15 is 0 Å². The number of methoxy groups -OCH3 is 1. The largest absolute Gasteiger partial charge is 0.493 e. The molecule has 88 valence electrons. The summed E-state index contributed by atoms with van der Waals surface area (Å²) in [5.41, 5.74) is 1.10. The van der Waals surface area contributed by atoms with Gasteiger partial charge in [0, 0.05) is 6.42 Å². The van der Waals surface area contributed by atoms with Gasteiger partial charge in [0.15, 0.2) is 17.8 Å². The van der Waals surface area contributed by atoms with E-state index in [0.717, 1.165) is 12.0 Å². The number of ether oxygens (including phenoxy) is 2. The molecule has 0 bridgehead atoms. The Balaban J connectivity index is 2.88. The Morgan fingerprint density at radius 3 is 2.75 bits per heavy atom. The van der Waals surface area contributed by atoms with Gasteiger partial charge in [0.05, 0.1) is 7.11 Å². The van der Waals surface area contributed by atoms with Crippen molar-refractivity contribution in [1.82, 2.24) is 0 Å². The van der Waals surface area contributed by atoms with Gasteiger partial charge in [-0.25, -0.2) is 0 Å². The minimum atomic E-state index is -0.792. The SMILES string of the molecule is C=CCc1ccc(OC(O)CC)c(OC)c1. The van der Waals surface area contributed by atoms with E-state index < -0.39 is 6.29 Å². The molecule has 1 aromatic rings. The highest BCUT2D eigenvalue weighted by Crippen LogP contribution is 2.29. The van der Waals surface area contributed by atoms with Crippen molar-refractivity contribution in [2.75, 3.05) is 7.11 Å². The molecule has 0 saturated heterocycles. The highest BCUT2D eigenvalue weighted by Gasteiger charge is 2.09. The molecule has 0 aliphatic heterocycles. The minimum absolute atomic E-state index is 0.539. The van der Waals surface area contributed by atoms with Gasteiger partial charge in [0.25, 0.3) is 0 Å². The van der Waals surface area contributed by atoms with Crippen LogP contribution in [0.1, 0.15) is 18.9 Å². The molecule has 0 spiro atoms. The van der Waals surface area contributed by atoms with Gasteiger partial charge in [0.2, 0.25) is 0 Å². The van der Waals surface area contributed by atoms with Gasteiger partial charge in [-0.15, -0.1) is 6.58 Å². The summed E-state index contributed by atoms with van der Waals surface area (Å²) in [5, 5.41) is 9.41. The van der Waals surface area contributed by atoms with E-state index in [1.807, 2.05) is 25.1 Å². The van der Waals surface area contributed by atoms with Gasteiger partial charge in [-0.2, -0.15) is 0 Å². The van der Waals surface area contributed by atoms with Crippen molar-refractivity contribution >= 4 is 0 Å². The van der Waals surface area contributed by atoms with Crippen LogP contribution in [0.15, 0.2) is 30.9 Å². The quantitative estimate of drug-likeness (QED) is 0.593. The number of allylic oxidation sites excluding steroid dienone is 1. The van der Waals surface area contributed by atoms with Gasteiger partial charge < -0.3 is 14.6 Å². The predicted molar refractivity (Wildman–Crippen MR) is 63.8 cm³/mol. The summed E-state index contributed by atoms with van der Waals surface area (Å²) in [7, 11) is 1.58. The molecule has 0 fully saturated rings. The standard InChI is InChI=1S/C13H18O3/c1-4-6-10-7-8-11(12(9-10)15-3)16-13(14)5-2/h4,7-9,13-14H,1,5-6H2,2-3H3. The van der Waals surface area contributed by atoms with Crippen molar-refractivity contribution in [3.05, 3.63) is 36.4 Å². The van der Waals surface area contributed by atoms with Crippen LogP contribution >= 0.6 is 0 Å². The Labute approximate surface area is 96.3 Å². The number of rotatable bonds is 6. The second kappa shape index (κ2) is 6.18. The van der Waals surface area contributed by atoms with Gasteiger partial charge in [-0.05, 0) is 24.1 Å². The van der Waals surface area contributed by atoms with Crippen LogP contribution in [-0.4, -0.2) is 18.5 Å². The maximum Gasteiger partial charge on any atom is 0.197 e. The van der Waals surface area contributed by atoms with E-state index in [9.17, 15) is 5.11 Å². The monoisotopic (exact) mass is 222 g/mol. The molecule has 0 aliphatic carbocycles. The van der Waals surface area contributed by atoms with Gasteiger partial charge in [-0.3, -0.25) is 0 Å². The lowest BCUT2D eigenvalue weighted by Gasteiger charge is -2.15. The van der Waals surface area contributed by atoms with Crippen LogP contribution in [0.5, 0.6) is 11.5 Å². The fourth-order valence-electron chi connectivity index (χ4n) is 1.33. The summed E-state index contributed by atoms with van der Waals surface area (Å²) >= 11 is 0. The summed E-state index contributed by atoms with van der Waals surface area (Å²) in [5.74, 6) is 1.19. The molecule has 1 rings (SSSR count). The first-order valence-electron chi connectivity index (χ1n) is 5.33. The Kier molecular flexibility index (Phi) is 4.86. The third-order valence-electron chi connectivity index (χ3n) is 2.22. The summed E-state index contributed by atoms with van der Waals surface area (Å²) in [6, 6.07) is 5.62. The van der Waals surface area contributed by atoms with Crippen molar-refractivity contribution < 1.29 is 14.6 Å². The van der Waals surface area contributed by atoms with E-state index in [-0.39, 0.29) is 0 Å². The van der Waals surface area contributed by atoms with Crippen LogP contribution in [0.25, 0.3) is 0 Å². The number of hydrogen-bond acceptors (Lipinski definition) is 3. The zero-order valence-corrected chi connectivity index (χ0v) is 9.77. The lowest BCUT2D eigenvalue weighted by atomic mass is 10.1. The molecular weight excluding hydrogens is 204 g/mol. The third kappa shape index (κ3) is 3.28. The van der Waals surface area contributed by atoms with E-state index in [1.54, 1.807) is 13.2 Å². The average Bonchev–Trinajstić information content (AvgIpc) is 2.31. The second-order valence-electron chi connectivity index (χ2n) is 3.46. The minimum Gasteiger partial charge on any atom is -0.493 e. The van der Waals surface area contributed by atoms with E-state index in [2.05, 4.69) is 6.58 Å². The molecule has 1 unspecified atom stereocenters. The second-order valence-corrected chi connectivity index (χ2v) is 3.46. The van der Waals surface area contributed by atoms with Crippen molar-refractivity contribution in [2.45, 2.75) is 26.1 Å². The molecule has 3 nitrogen and oxygen atoms in total. The van der Waals surface area contributed by atoms with Crippen molar-refractivity contribution in [2.24, 2.45) is 0 Å². The summed E-state index contributed by atoms with van der Waals surface area (Å²) in [6.45, 7) is 5.53. The highest BCUT2D eigenvalue weighted by molar-refractivity contribution is 5.43. The fraction of sp³-hybridized carbons (Fsp3) is 0.385. The third-order valence-corrected chi connectivity index (χ3v) is 2.22. The number of hydrogen-bond donors (Lipinski definition) is 1. The molecule has 0 aliphatic rings. The first-order chi connectivity index (χ1) is 7.71. The lowest BCUT2D eigenvalue weighted by molar-refractivity contribution is -0.0207. The van der Waals surface area contributed by atoms with Crippen LogP contribution < -0.4 is 9.47 Å². The zero-order valence-electron chi connectivity index (χ0n) is 9.77. The van der Waals surface area contributed by atoms with Crippen LogP contribution in [-0.2, 0) is 6.42 Å². The van der Waals surface area contributed by atoms with E-state index in [4.69, 9.17) is 9.47 Å². The van der Waals surface area contributed by atoms with Crippen molar-refractivity contribution in [1.29, 1.82) is 0 Å². The van der Waals surface area contributed by atoms with Crippen molar-refractivity contribution in [3.8, 4) is 11.5 Å². The molecule has 16 heavy (non-hydrogen) atoms. The molecule has 1 aromatic carbocycles. The first-order valence-corrected chi connectivity index (χ1v) is 5.33. The number of benzene rings is 1. The molecule has 0 radical (unpaired) electrons. The number of aliphatic hydroxyl groups is 1. The average molecular weight is 222 g/mol. The molecule has 0 aromatic heterocycles. The molecule has 1 N–H and O–H groups in total. The molecule has 3 heteroatoms. The molecule has 0 amide bonds. The zero-order chi connectivity index (χ0) is 12.0. The highest BCUT2D eigenvalue weighted by atomic mass is 16.6. The Morgan fingerprint density at radius 2 is 2.19 bits per heavy atom. The maximum absolute atomic E-state index is 9.41. The van der Waals surface area contributed by atoms with Crippen molar-refractivity contribution in [3.63, 3.8) is 0 Å². The van der Waals surface area contributed by atoms with Crippen LogP contribution in [0.4, 0.5) is 0 Å². The topological polar surface area (TPSA) is 38.7 Å². The fourth-order valence-corrected chi connectivity index (χ4v) is 1.33. The summed E-state index contributed by atoms with van der Waals surface area (Å²) in [4.78, 5) is 0. The smallest absolute Gasteiger partial charge is 0.197 e. The Hall–Kier alpha value is -1.48. The Morgan fingerprint density at radius 1 is 1.44 bits per heavy atom. The van der Waals surface area contributed by atoms with Gasteiger partial charge in [0.1, 0.15) is 0 Å². The summed E-state index contributed by atoms with van der Waals surface area (Å²) in [6.07, 6.45) is 2.36. The van der Waals surface area contributed by atoms with E-state index in [0.29, 0.717) is 17.9 Å². The Bertz CT molecular complexity index is 347. The lowest BCUT2D eigenvalue weighted by Crippen LogP contribution is -2.14. The normalized spacial score (nSPS) is 11.9. The van der Waals surface area contributed by atoms with Crippen LogP contribution in [0.2, 0.25) is 0 Å². The molecule has 0 saturated carbocycles. The van der Waals surface area contributed by atoms with Gasteiger partial charge in [-0.1, -0.05) is 19.1 Å². The molecule has 1 atom stereocenters. The summed E-state index contributed by atoms with van der Waals surface area (Å²) < 4.78 is 10.5. The maximum atomic E-state index is 9.41. The molecule has 0 heterocycles. The van der Waals surface area contributed by atoms with Crippen LogP contribution in [0, 0.1) is 0 Å².